The van der Waals surface area contributed by atoms with Crippen molar-refractivity contribution >= 4 is 11.8 Å². The molecule has 0 aliphatic carbocycles. The minimum Gasteiger partial charge on any atom is -0.444 e. The summed E-state index contributed by atoms with van der Waals surface area (Å²) in [4.78, 5) is 11.7. The van der Waals surface area contributed by atoms with Gasteiger partial charge in [0.25, 0.3) is 0 Å². The van der Waals surface area contributed by atoms with E-state index in [0.717, 1.165) is 25.3 Å². The summed E-state index contributed by atoms with van der Waals surface area (Å²) in [7, 11) is 0. The molecule has 5 heteroatoms. The van der Waals surface area contributed by atoms with Crippen molar-refractivity contribution in [2.75, 3.05) is 18.4 Å². The molecule has 1 saturated heterocycles. The second kappa shape index (κ2) is 8.31. The second-order valence-electron chi connectivity index (χ2n) is 7.08. The van der Waals surface area contributed by atoms with Gasteiger partial charge in [-0.05, 0) is 70.8 Å². The van der Waals surface area contributed by atoms with Crippen molar-refractivity contribution in [1.29, 1.82) is 0 Å². The molecule has 1 aromatic rings. The molecule has 1 unspecified atom stereocenters. The molecule has 0 radical (unpaired) electrons. The lowest BCUT2D eigenvalue weighted by Gasteiger charge is -2.19. The zero-order valence-corrected chi connectivity index (χ0v) is 14.4. The smallest absolute Gasteiger partial charge is 0.412 e. The van der Waals surface area contributed by atoms with Crippen LogP contribution in [0.2, 0.25) is 0 Å². The molecule has 0 spiro atoms. The normalized spacial score (nSPS) is 19.0. The van der Waals surface area contributed by atoms with E-state index in [-0.39, 0.29) is 0 Å². The fourth-order valence-electron chi connectivity index (χ4n) is 2.61. The summed E-state index contributed by atoms with van der Waals surface area (Å²) in [6, 6.07) is 8.48. The summed E-state index contributed by atoms with van der Waals surface area (Å²) in [6.07, 6.45) is 3.22. The van der Waals surface area contributed by atoms with Crippen LogP contribution in [0.3, 0.4) is 0 Å². The maximum Gasteiger partial charge on any atom is 0.412 e. The van der Waals surface area contributed by atoms with Crippen LogP contribution in [0.25, 0.3) is 0 Å². The summed E-state index contributed by atoms with van der Waals surface area (Å²) in [5, 5.41) is 9.79. The van der Waals surface area contributed by atoms with Gasteiger partial charge in [0.05, 0.1) is 0 Å². The van der Waals surface area contributed by atoms with Crippen LogP contribution >= 0.6 is 0 Å². The third-order valence-electron chi connectivity index (χ3n) is 3.77. The zero-order valence-electron chi connectivity index (χ0n) is 14.4. The Labute approximate surface area is 139 Å². The van der Waals surface area contributed by atoms with Crippen molar-refractivity contribution in [3.63, 3.8) is 0 Å². The predicted octanol–water partition coefficient (Wildman–Crippen LogP) is 3.27. The van der Waals surface area contributed by atoms with Gasteiger partial charge in [0.2, 0.25) is 0 Å². The molecular formula is C18H29N3O2. The van der Waals surface area contributed by atoms with Crippen LogP contribution in [0.4, 0.5) is 10.5 Å². The van der Waals surface area contributed by atoms with Crippen molar-refractivity contribution in [3.8, 4) is 0 Å². The van der Waals surface area contributed by atoms with Gasteiger partial charge in [0.1, 0.15) is 5.60 Å². The molecule has 1 atom stereocenters. The van der Waals surface area contributed by atoms with Crippen LogP contribution in [0.1, 0.15) is 45.6 Å². The van der Waals surface area contributed by atoms with E-state index >= 15 is 0 Å². The highest BCUT2D eigenvalue weighted by Gasteiger charge is 2.16. The van der Waals surface area contributed by atoms with Gasteiger partial charge in [-0.15, -0.1) is 0 Å². The molecule has 0 saturated carbocycles. The number of amides is 1. The highest BCUT2D eigenvalue weighted by atomic mass is 16.6. The number of carbonyl (C=O) groups excluding carboxylic acids is 1. The van der Waals surface area contributed by atoms with Gasteiger partial charge in [0, 0.05) is 18.3 Å². The maximum atomic E-state index is 11.7. The number of hydrogen-bond donors (Lipinski definition) is 3. The van der Waals surface area contributed by atoms with Crippen LogP contribution in [-0.4, -0.2) is 30.8 Å². The number of nitrogens with one attached hydrogen (secondary N) is 3. The van der Waals surface area contributed by atoms with Crippen LogP contribution in [0.5, 0.6) is 0 Å². The molecule has 1 aliphatic rings. The lowest BCUT2D eigenvalue weighted by Crippen LogP contribution is -2.29. The molecule has 0 aromatic heterocycles. The maximum absolute atomic E-state index is 11.7. The molecule has 23 heavy (non-hydrogen) atoms. The first-order chi connectivity index (χ1) is 10.9. The molecule has 1 aliphatic heterocycles. The minimum atomic E-state index is -0.485. The number of ether oxygens (including phenoxy) is 1. The molecule has 1 fully saturated rings. The van der Waals surface area contributed by atoms with Crippen molar-refractivity contribution in [2.45, 2.75) is 58.2 Å². The summed E-state index contributed by atoms with van der Waals surface area (Å²) < 4.78 is 5.24. The van der Waals surface area contributed by atoms with Crippen LogP contribution in [-0.2, 0) is 11.3 Å². The van der Waals surface area contributed by atoms with E-state index in [9.17, 15) is 4.79 Å². The average Bonchev–Trinajstić information content (AvgIpc) is 2.73. The van der Waals surface area contributed by atoms with E-state index in [1.165, 1.54) is 24.8 Å². The highest BCUT2D eigenvalue weighted by Crippen LogP contribution is 2.13. The molecule has 1 amide bonds. The Morgan fingerprint density at radius 2 is 1.96 bits per heavy atom. The van der Waals surface area contributed by atoms with Gasteiger partial charge in [-0.3, -0.25) is 5.32 Å². The van der Waals surface area contributed by atoms with Crippen molar-refractivity contribution < 1.29 is 9.53 Å². The highest BCUT2D eigenvalue weighted by molar-refractivity contribution is 5.84. The standard InChI is InChI=1S/C18H29N3O2/c1-18(2,3)23-17(22)21-16-8-6-14(7-9-16)13-20-15-5-4-11-19-12-10-15/h6-9,15,19-20H,4-5,10-13H2,1-3H3,(H,21,22). The molecule has 1 heterocycles. The second-order valence-corrected chi connectivity index (χ2v) is 7.08. The van der Waals surface area contributed by atoms with Crippen molar-refractivity contribution in [3.05, 3.63) is 29.8 Å². The lowest BCUT2D eigenvalue weighted by molar-refractivity contribution is 0.0636. The van der Waals surface area contributed by atoms with E-state index in [0.29, 0.717) is 6.04 Å². The van der Waals surface area contributed by atoms with E-state index in [1.807, 2.05) is 45.0 Å². The van der Waals surface area contributed by atoms with Gasteiger partial charge in [-0.1, -0.05) is 12.1 Å². The number of benzene rings is 1. The van der Waals surface area contributed by atoms with E-state index in [1.54, 1.807) is 0 Å². The Balaban J connectivity index is 1.78. The molecule has 0 bridgehead atoms. The Hall–Kier alpha value is -1.59. The molecule has 3 N–H and O–H groups in total. The van der Waals surface area contributed by atoms with Gasteiger partial charge in [-0.25, -0.2) is 4.79 Å². The Bertz CT molecular complexity index is 486. The quantitative estimate of drug-likeness (QED) is 0.797. The SMILES string of the molecule is CC(C)(C)OC(=O)Nc1ccc(CNC2CCCNCC2)cc1. The van der Waals surface area contributed by atoms with Crippen LogP contribution in [0.15, 0.2) is 24.3 Å². The summed E-state index contributed by atoms with van der Waals surface area (Å²) >= 11 is 0. The van der Waals surface area contributed by atoms with Crippen LogP contribution < -0.4 is 16.0 Å². The summed E-state index contributed by atoms with van der Waals surface area (Å²) in [5.41, 5.74) is 1.49. The molecule has 1 aromatic carbocycles. The molecule has 128 valence electrons. The number of hydrogen-bond acceptors (Lipinski definition) is 4. The zero-order chi connectivity index (χ0) is 16.7. The first-order valence-corrected chi connectivity index (χ1v) is 8.45. The van der Waals surface area contributed by atoms with Gasteiger partial charge >= 0.3 is 6.09 Å². The summed E-state index contributed by atoms with van der Waals surface area (Å²) in [5.74, 6) is 0. The predicted molar refractivity (Wildman–Crippen MR) is 93.6 cm³/mol. The first-order valence-electron chi connectivity index (χ1n) is 8.45. The third kappa shape index (κ3) is 7.01. The van der Waals surface area contributed by atoms with E-state index < -0.39 is 11.7 Å². The third-order valence-corrected chi connectivity index (χ3v) is 3.77. The fourth-order valence-corrected chi connectivity index (χ4v) is 2.61. The van der Waals surface area contributed by atoms with E-state index in [4.69, 9.17) is 4.74 Å². The number of rotatable bonds is 4. The van der Waals surface area contributed by atoms with Crippen molar-refractivity contribution in [1.82, 2.24) is 10.6 Å². The monoisotopic (exact) mass is 319 g/mol. The lowest BCUT2D eigenvalue weighted by atomic mass is 10.1. The summed E-state index contributed by atoms with van der Waals surface area (Å²) in [6.45, 7) is 8.64. The average molecular weight is 319 g/mol. The van der Waals surface area contributed by atoms with Gasteiger partial charge < -0.3 is 15.4 Å². The first kappa shape index (κ1) is 17.8. The van der Waals surface area contributed by atoms with Crippen molar-refractivity contribution in [2.24, 2.45) is 0 Å². The number of anilines is 1. The largest absolute Gasteiger partial charge is 0.444 e. The van der Waals surface area contributed by atoms with Gasteiger partial charge in [0.15, 0.2) is 0 Å². The van der Waals surface area contributed by atoms with E-state index in [2.05, 4.69) is 16.0 Å². The molecule has 2 rings (SSSR count). The van der Waals surface area contributed by atoms with Gasteiger partial charge in [-0.2, -0.15) is 0 Å². The Kier molecular flexibility index (Phi) is 6.42. The van der Waals surface area contributed by atoms with Crippen LogP contribution in [0, 0.1) is 0 Å². The Morgan fingerprint density at radius 1 is 1.22 bits per heavy atom. The topological polar surface area (TPSA) is 62.4 Å². The Morgan fingerprint density at radius 3 is 2.65 bits per heavy atom. The molecule has 5 nitrogen and oxygen atoms in total. The number of carbonyl (C=O) groups is 1. The fraction of sp³-hybridized carbons (Fsp3) is 0.611. The molecular weight excluding hydrogens is 290 g/mol. The minimum absolute atomic E-state index is 0.422.